The molecule has 6 aromatic rings. The zero-order chi connectivity index (χ0) is 79.9. The summed E-state index contributed by atoms with van der Waals surface area (Å²) in [5.41, 5.74) is -3.68. The van der Waals surface area contributed by atoms with Gasteiger partial charge in [-0.25, -0.2) is 28.1 Å². The molecule has 0 bridgehead atoms. The molecule has 18 atom stereocenters. The number of carbonyl (C=O) groups is 3. The summed E-state index contributed by atoms with van der Waals surface area (Å²) in [4.78, 5) is 115. The van der Waals surface area contributed by atoms with Crippen molar-refractivity contribution in [3.8, 4) is 17.2 Å². The molecule has 0 radical (unpaired) electrons. The van der Waals surface area contributed by atoms with Crippen LogP contribution < -0.4 is 47.3 Å². The molecule has 0 spiro atoms. The normalized spacial score (nSPS) is 24.3. The van der Waals surface area contributed by atoms with E-state index in [-0.39, 0.29) is 70.7 Å². The van der Waals surface area contributed by atoms with Crippen molar-refractivity contribution in [1.29, 1.82) is 0 Å². The third kappa shape index (κ3) is 23.9. The molecule has 9 N–H and O–H groups in total. The number of benzene rings is 3. The van der Waals surface area contributed by atoms with Gasteiger partial charge in [0.25, 0.3) is 16.7 Å². The zero-order valence-corrected chi connectivity index (χ0v) is 63.9. The average Bonchev–Trinajstić information content (AvgIpc) is 1.65. The van der Waals surface area contributed by atoms with Gasteiger partial charge in [-0.05, 0) is 98.7 Å². The molecular formula is C69H93N6O30P3. The van der Waals surface area contributed by atoms with E-state index in [0.29, 0.717) is 0 Å². The monoisotopic (exact) mass is 1580 g/mol. The van der Waals surface area contributed by atoms with Crippen molar-refractivity contribution in [3.05, 3.63) is 189 Å². The molecule has 3 saturated heterocycles. The number of nitrogens with zero attached hydrogens (tertiary/aromatic N) is 3. The number of H-pyrrole nitrogens is 3. The fourth-order valence-corrected chi connectivity index (χ4v) is 16.3. The number of ether oxygens (including phenoxy) is 6. The predicted molar refractivity (Wildman–Crippen MR) is 384 cm³/mol. The Kier molecular flexibility index (Phi) is 30.9. The van der Waals surface area contributed by atoms with Crippen LogP contribution in [0.3, 0.4) is 0 Å². The fourth-order valence-electron chi connectivity index (χ4n) is 10.7. The molecule has 9 rings (SSSR count). The van der Waals surface area contributed by atoms with Gasteiger partial charge in [0.15, 0.2) is 18.7 Å². The van der Waals surface area contributed by atoms with Gasteiger partial charge in [0, 0.05) is 35.3 Å². The maximum Gasteiger partial charge on any atom is 0.380 e. The fraction of sp³-hybridized carbons (Fsp3) is 0.522. The molecule has 0 amide bonds. The van der Waals surface area contributed by atoms with Crippen molar-refractivity contribution >= 4 is 40.7 Å². The van der Waals surface area contributed by atoms with Crippen LogP contribution >= 0.6 is 22.8 Å². The predicted octanol–water partition coefficient (Wildman–Crippen LogP) is 4.02. The number of hydrogen-bond acceptors (Lipinski definition) is 30. The number of aryl methyl sites for hydroxylation is 3. The highest BCUT2D eigenvalue weighted by Gasteiger charge is 2.49. The van der Waals surface area contributed by atoms with Crippen molar-refractivity contribution in [2.75, 3.05) is 38.3 Å². The number of aliphatic hydroxyl groups is 6. The Morgan fingerprint density at radius 2 is 0.611 bits per heavy atom. The molecule has 3 aliphatic heterocycles. The van der Waals surface area contributed by atoms with Crippen molar-refractivity contribution < 1.29 is 114 Å². The van der Waals surface area contributed by atoms with E-state index in [1.165, 1.54) is 60.1 Å². The quantitative estimate of drug-likeness (QED) is 0.0175. The molecule has 6 heterocycles. The second-order valence-corrected chi connectivity index (χ2v) is 32.8. The number of aromatic nitrogens is 6. The molecule has 3 fully saturated rings. The summed E-state index contributed by atoms with van der Waals surface area (Å²) < 4.78 is 110. The van der Waals surface area contributed by atoms with Gasteiger partial charge in [0.2, 0.25) is 0 Å². The van der Waals surface area contributed by atoms with E-state index in [1.807, 2.05) is 0 Å². The molecule has 3 aromatic carbocycles. The molecule has 39 heteroatoms. The third-order valence-corrected chi connectivity index (χ3v) is 22.4. The maximum atomic E-state index is 13.7. The number of aromatic amines is 3. The lowest BCUT2D eigenvalue weighted by atomic mass is 10.1. The van der Waals surface area contributed by atoms with Crippen LogP contribution in [0, 0.1) is 38.5 Å². The number of rotatable bonds is 30. The Hall–Kier alpha value is -8.28. The van der Waals surface area contributed by atoms with E-state index in [0.717, 1.165) is 13.7 Å². The molecule has 3 aromatic heterocycles. The van der Waals surface area contributed by atoms with Crippen LogP contribution in [0.4, 0.5) is 0 Å². The molecule has 3 aliphatic rings. The Morgan fingerprint density at radius 3 is 0.824 bits per heavy atom. The summed E-state index contributed by atoms with van der Waals surface area (Å²) in [5.74, 6) is -3.51. The topological polar surface area (TPSA) is 499 Å². The van der Waals surface area contributed by atoms with E-state index in [4.69, 9.17) is 55.6 Å². The van der Waals surface area contributed by atoms with Crippen molar-refractivity contribution in [2.45, 2.75) is 175 Å². The highest BCUT2D eigenvalue weighted by Crippen LogP contribution is 2.53. The summed E-state index contributed by atoms with van der Waals surface area (Å²) >= 11 is 0. The van der Waals surface area contributed by atoms with Crippen LogP contribution in [0.25, 0.3) is 0 Å². The summed E-state index contributed by atoms with van der Waals surface area (Å²) in [7, 11) is -12.0. The van der Waals surface area contributed by atoms with Gasteiger partial charge in [-0.1, -0.05) is 75.4 Å². The van der Waals surface area contributed by atoms with Crippen molar-refractivity contribution in [2.24, 2.45) is 17.8 Å². The third-order valence-electron chi connectivity index (χ3n) is 16.3. The van der Waals surface area contributed by atoms with Crippen LogP contribution in [-0.2, 0) is 70.1 Å². The van der Waals surface area contributed by atoms with Crippen LogP contribution in [0.5, 0.6) is 17.2 Å². The van der Waals surface area contributed by atoms with E-state index >= 15 is 0 Å². The van der Waals surface area contributed by atoms with Gasteiger partial charge in [-0.15, -0.1) is 0 Å². The van der Waals surface area contributed by atoms with Gasteiger partial charge >= 0.3 is 57.8 Å². The molecule has 4 unspecified atom stereocenters. The summed E-state index contributed by atoms with van der Waals surface area (Å²) in [5, 5.41) is 63.0. The maximum absolute atomic E-state index is 13.7. The number of hydrogen-bond donors (Lipinski definition) is 9. The lowest BCUT2D eigenvalue weighted by Gasteiger charge is -2.24. The van der Waals surface area contributed by atoms with E-state index in [9.17, 15) is 87.5 Å². The standard InChI is InChI=1S/3C23H31N2O10P/c3*1-13(2)33-22(29)15(4)12-36(31,35-16-8-6-5-7-9-16)32-11-17-18(26)19(27)21(34-17)25-10-14(3)20(28)24-23(25)30/h3*5-10,13,15,17-19,21,26-27H,11-12H2,1-4H3,(H,24,28,30)/t15-,17+,18?,19-,21+,36?;15-,17+,18?,19-,21+,36+;15-,17+,18?,19-,21+,36-/m111/s1. The molecule has 0 aliphatic carbocycles. The van der Waals surface area contributed by atoms with Crippen LogP contribution in [0.2, 0.25) is 0 Å². The number of para-hydroxylation sites is 3. The van der Waals surface area contributed by atoms with E-state index in [1.54, 1.807) is 133 Å². The first kappa shape index (κ1) is 87.0. The number of esters is 3. The zero-order valence-electron chi connectivity index (χ0n) is 61.2. The molecule has 108 heavy (non-hydrogen) atoms. The first-order valence-electron chi connectivity index (χ1n) is 34.3. The van der Waals surface area contributed by atoms with Gasteiger partial charge in [-0.2, -0.15) is 0 Å². The minimum atomic E-state index is -4.00. The SMILES string of the molecule is Cc1cn([C@H]2O[C@@H](COP(=O)(C[C@@H](C)C(=O)OC(C)C)Oc3ccccc3)C(O)[C@H]2O)c(=O)[nH]c1=O.Cc1cn([C@H]2O[C@@H](CO[P@@](=O)(C[C@@H](C)C(=O)OC(C)C)Oc3ccccc3)C(O)[C@H]2O)c(=O)[nH]c1=O.Cc1cn([C@H]2O[C@@H](CO[P@](=O)(C[C@@H](C)C(=O)OC(C)C)Oc3ccccc3)C(O)[C@H]2O)c(=O)[nH]c1=O. The molecule has 594 valence electrons. The van der Waals surface area contributed by atoms with Crippen molar-refractivity contribution in [3.63, 3.8) is 0 Å². The Morgan fingerprint density at radius 1 is 0.389 bits per heavy atom. The highest BCUT2D eigenvalue weighted by molar-refractivity contribution is 7.55. The number of nitrogens with one attached hydrogen (secondary N) is 3. The Labute approximate surface area is 618 Å². The van der Waals surface area contributed by atoms with E-state index in [2.05, 4.69) is 15.0 Å². The Balaban J connectivity index is 0.000000226. The Bertz CT molecular complexity index is 4080. The van der Waals surface area contributed by atoms with Gasteiger partial charge in [0.1, 0.15) is 72.2 Å². The molecule has 0 saturated carbocycles. The number of aliphatic hydroxyl groups excluding tert-OH is 6. The summed E-state index contributed by atoms with van der Waals surface area (Å²) in [6, 6.07) is 24.7. The summed E-state index contributed by atoms with van der Waals surface area (Å²) in [6.07, 6.45) is -15.2. The lowest BCUT2D eigenvalue weighted by molar-refractivity contribution is -0.152. The van der Waals surface area contributed by atoms with Crippen LogP contribution in [-0.4, -0.2) is 189 Å². The van der Waals surface area contributed by atoms with Gasteiger partial charge in [0.05, 0.1) is 74.4 Å². The number of carbonyl (C=O) groups excluding carboxylic acids is 3. The summed E-state index contributed by atoms with van der Waals surface area (Å²) in [6.45, 7) is 17.7. The minimum absolute atomic E-state index is 0.197. The largest absolute Gasteiger partial charge is 0.463 e. The highest BCUT2D eigenvalue weighted by atomic mass is 31.2. The van der Waals surface area contributed by atoms with E-state index < -0.39 is 186 Å². The first-order valence-corrected chi connectivity index (χ1v) is 39.5. The van der Waals surface area contributed by atoms with Crippen molar-refractivity contribution in [1.82, 2.24) is 28.7 Å². The van der Waals surface area contributed by atoms with Gasteiger partial charge in [-0.3, -0.25) is 71.0 Å². The second-order valence-electron chi connectivity index (χ2n) is 26.7. The minimum Gasteiger partial charge on any atom is -0.463 e. The van der Waals surface area contributed by atoms with Crippen LogP contribution in [0.15, 0.2) is 138 Å². The first-order chi connectivity index (χ1) is 50.7. The van der Waals surface area contributed by atoms with Crippen LogP contribution in [0.1, 0.15) is 97.7 Å². The lowest BCUT2D eigenvalue weighted by Crippen LogP contribution is -2.38. The molecule has 36 nitrogen and oxygen atoms in total. The smallest absolute Gasteiger partial charge is 0.380 e. The van der Waals surface area contributed by atoms with Gasteiger partial charge < -0.3 is 72.6 Å². The molecular weight excluding hydrogens is 1490 g/mol. The average molecular weight is 1580 g/mol. The second kappa shape index (κ2) is 38.4.